The van der Waals surface area contributed by atoms with Gasteiger partial charge in [-0.3, -0.25) is 14.4 Å². The number of para-hydroxylation sites is 1. The molecule has 6 heteroatoms. The summed E-state index contributed by atoms with van der Waals surface area (Å²) in [5.41, 5.74) is 3.91. The quantitative estimate of drug-likeness (QED) is 0.655. The molecule has 0 aromatic heterocycles. The van der Waals surface area contributed by atoms with E-state index in [1.807, 2.05) is 69.3 Å². The van der Waals surface area contributed by atoms with Crippen molar-refractivity contribution in [2.24, 2.45) is 5.92 Å². The zero-order valence-electron chi connectivity index (χ0n) is 18.4. The maximum absolute atomic E-state index is 12.5. The lowest BCUT2D eigenvalue weighted by Crippen LogP contribution is -2.30. The average molecular weight is 423 g/mol. The van der Waals surface area contributed by atoms with Crippen molar-refractivity contribution < 1.29 is 19.1 Å². The van der Waals surface area contributed by atoms with E-state index in [1.165, 1.54) is 0 Å². The van der Waals surface area contributed by atoms with Gasteiger partial charge in [0.2, 0.25) is 5.91 Å². The Kier molecular flexibility index (Phi) is 7.45. The van der Waals surface area contributed by atoms with Crippen molar-refractivity contribution in [3.63, 3.8) is 0 Å². The van der Waals surface area contributed by atoms with Crippen LogP contribution in [0.5, 0.6) is 0 Å². The number of hydrogen-bond acceptors (Lipinski definition) is 4. The molecule has 0 spiro atoms. The summed E-state index contributed by atoms with van der Waals surface area (Å²) in [7, 11) is 0. The molecule has 1 saturated heterocycles. The molecule has 164 valence electrons. The van der Waals surface area contributed by atoms with Crippen molar-refractivity contribution in [3.8, 4) is 0 Å². The Bertz CT molecular complexity index is 920. The molecule has 2 atom stereocenters. The molecular formula is C25H30N2O4. The fourth-order valence-electron chi connectivity index (χ4n) is 4.01. The number of ether oxygens (including phenoxy) is 1. The van der Waals surface area contributed by atoms with Crippen LogP contribution in [0.4, 0.5) is 5.69 Å². The van der Waals surface area contributed by atoms with Crippen LogP contribution in [0.3, 0.4) is 0 Å². The standard InChI is InChI=1S/C25H30N2O4/c1-4-18-12-9-13-19(5-2)24(18)26-22(28)16-31-25(30)21-14-23(29)27(15-21)17(3)20-10-7-6-8-11-20/h6-13,17,21H,4-5,14-16H2,1-3H3,(H,26,28)/t17-,21+/m0/s1. The number of nitrogens with one attached hydrogen (secondary N) is 1. The molecule has 2 aromatic rings. The molecule has 3 rings (SSSR count). The number of esters is 1. The first-order valence-corrected chi connectivity index (χ1v) is 10.9. The van der Waals surface area contributed by atoms with Crippen LogP contribution in [0.25, 0.3) is 0 Å². The highest BCUT2D eigenvalue weighted by Gasteiger charge is 2.38. The first-order valence-electron chi connectivity index (χ1n) is 10.9. The molecule has 1 aliphatic heterocycles. The molecule has 0 unspecified atom stereocenters. The number of nitrogens with zero attached hydrogens (tertiary/aromatic N) is 1. The highest BCUT2D eigenvalue weighted by atomic mass is 16.5. The van der Waals surface area contributed by atoms with Gasteiger partial charge >= 0.3 is 5.97 Å². The number of amides is 2. The minimum Gasteiger partial charge on any atom is -0.455 e. The third-order valence-electron chi connectivity index (χ3n) is 5.85. The van der Waals surface area contributed by atoms with Crippen molar-refractivity contribution in [3.05, 3.63) is 65.2 Å². The molecule has 1 fully saturated rings. The lowest BCUT2D eigenvalue weighted by Gasteiger charge is -2.25. The van der Waals surface area contributed by atoms with Crippen molar-refractivity contribution in [2.45, 2.75) is 46.1 Å². The van der Waals surface area contributed by atoms with E-state index in [0.29, 0.717) is 6.54 Å². The van der Waals surface area contributed by atoms with Crippen molar-refractivity contribution >= 4 is 23.5 Å². The molecule has 0 saturated carbocycles. The Hall–Kier alpha value is -3.15. The molecule has 1 heterocycles. The highest BCUT2D eigenvalue weighted by Crippen LogP contribution is 2.29. The predicted octanol–water partition coefficient (Wildman–Crippen LogP) is 3.90. The van der Waals surface area contributed by atoms with E-state index in [4.69, 9.17) is 4.74 Å². The molecule has 6 nitrogen and oxygen atoms in total. The first-order chi connectivity index (χ1) is 14.9. The fourth-order valence-corrected chi connectivity index (χ4v) is 4.01. The number of likely N-dealkylation sites (tertiary alicyclic amines) is 1. The number of aryl methyl sites for hydroxylation is 2. The summed E-state index contributed by atoms with van der Waals surface area (Å²) in [5.74, 6) is -1.51. The lowest BCUT2D eigenvalue weighted by atomic mass is 10.0. The summed E-state index contributed by atoms with van der Waals surface area (Å²) in [6.45, 7) is 5.95. The third-order valence-corrected chi connectivity index (χ3v) is 5.85. The fraction of sp³-hybridized carbons (Fsp3) is 0.400. The van der Waals surface area contributed by atoms with E-state index in [-0.39, 0.29) is 30.9 Å². The second-order valence-corrected chi connectivity index (χ2v) is 7.85. The summed E-state index contributed by atoms with van der Waals surface area (Å²) >= 11 is 0. The van der Waals surface area contributed by atoms with Gasteiger partial charge in [-0.2, -0.15) is 0 Å². The first kappa shape index (κ1) is 22.5. The number of anilines is 1. The average Bonchev–Trinajstić information content (AvgIpc) is 3.19. The van der Waals surface area contributed by atoms with E-state index < -0.39 is 11.9 Å². The summed E-state index contributed by atoms with van der Waals surface area (Å²) in [6.07, 6.45) is 1.70. The van der Waals surface area contributed by atoms with Gasteiger partial charge in [-0.25, -0.2) is 0 Å². The Morgan fingerprint density at radius 3 is 2.32 bits per heavy atom. The maximum atomic E-state index is 12.5. The smallest absolute Gasteiger partial charge is 0.311 e. The summed E-state index contributed by atoms with van der Waals surface area (Å²) in [6, 6.07) is 15.5. The number of hydrogen-bond donors (Lipinski definition) is 1. The number of carbonyl (C=O) groups is 3. The van der Waals surface area contributed by atoms with Crippen LogP contribution in [0.2, 0.25) is 0 Å². The van der Waals surface area contributed by atoms with Gasteiger partial charge in [0.15, 0.2) is 6.61 Å². The number of benzene rings is 2. The molecule has 0 aliphatic carbocycles. The van der Waals surface area contributed by atoms with Crippen LogP contribution in [0.1, 0.15) is 49.9 Å². The van der Waals surface area contributed by atoms with Gasteiger partial charge in [-0.1, -0.05) is 62.4 Å². The molecule has 31 heavy (non-hydrogen) atoms. The van der Waals surface area contributed by atoms with Crippen LogP contribution >= 0.6 is 0 Å². The van der Waals surface area contributed by atoms with Crippen LogP contribution in [0, 0.1) is 5.92 Å². The van der Waals surface area contributed by atoms with E-state index in [2.05, 4.69) is 5.32 Å². The normalized spacial score (nSPS) is 16.8. The van der Waals surface area contributed by atoms with Crippen LogP contribution < -0.4 is 5.32 Å². The number of carbonyl (C=O) groups excluding carboxylic acids is 3. The zero-order valence-corrected chi connectivity index (χ0v) is 18.4. The summed E-state index contributed by atoms with van der Waals surface area (Å²) < 4.78 is 5.26. The topological polar surface area (TPSA) is 75.7 Å². The van der Waals surface area contributed by atoms with Crippen LogP contribution in [-0.2, 0) is 32.0 Å². The van der Waals surface area contributed by atoms with Crippen LogP contribution in [0.15, 0.2) is 48.5 Å². The van der Waals surface area contributed by atoms with E-state index in [9.17, 15) is 14.4 Å². The SMILES string of the molecule is CCc1cccc(CC)c1NC(=O)COC(=O)[C@@H]1CC(=O)N([C@@H](C)c2ccccc2)C1. The van der Waals surface area contributed by atoms with Gasteiger partial charge in [-0.15, -0.1) is 0 Å². The van der Waals surface area contributed by atoms with E-state index >= 15 is 0 Å². The number of rotatable bonds is 8. The van der Waals surface area contributed by atoms with Crippen molar-refractivity contribution in [1.29, 1.82) is 0 Å². The van der Waals surface area contributed by atoms with Gasteiger partial charge in [0, 0.05) is 18.7 Å². The molecule has 1 N–H and O–H groups in total. The summed E-state index contributed by atoms with van der Waals surface area (Å²) in [5, 5.41) is 2.89. The Balaban J connectivity index is 1.56. The van der Waals surface area contributed by atoms with Crippen molar-refractivity contribution in [2.75, 3.05) is 18.5 Å². The monoisotopic (exact) mass is 422 g/mol. The highest BCUT2D eigenvalue weighted by molar-refractivity contribution is 5.95. The Labute approximate surface area is 183 Å². The Morgan fingerprint density at radius 1 is 1.06 bits per heavy atom. The van der Waals surface area contributed by atoms with Gasteiger partial charge in [0.1, 0.15) is 0 Å². The summed E-state index contributed by atoms with van der Waals surface area (Å²) in [4.78, 5) is 39.1. The van der Waals surface area contributed by atoms with Crippen molar-refractivity contribution in [1.82, 2.24) is 4.90 Å². The minimum atomic E-state index is -0.555. The molecule has 0 bridgehead atoms. The second kappa shape index (κ2) is 10.2. The van der Waals surface area contributed by atoms with Gasteiger partial charge in [0.25, 0.3) is 5.91 Å². The Morgan fingerprint density at radius 2 is 1.71 bits per heavy atom. The van der Waals surface area contributed by atoms with Crippen LogP contribution in [-0.4, -0.2) is 35.8 Å². The molecular weight excluding hydrogens is 392 g/mol. The molecule has 2 amide bonds. The third kappa shape index (κ3) is 5.32. The van der Waals surface area contributed by atoms with E-state index in [1.54, 1.807) is 4.90 Å². The van der Waals surface area contributed by atoms with Gasteiger partial charge in [0.05, 0.1) is 12.0 Å². The van der Waals surface area contributed by atoms with Gasteiger partial charge < -0.3 is 15.0 Å². The lowest BCUT2D eigenvalue weighted by molar-refractivity contribution is -0.151. The van der Waals surface area contributed by atoms with Gasteiger partial charge in [-0.05, 0) is 36.5 Å². The van der Waals surface area contributed by atoms with E-state index in [0.717, 1.165) is 35.2 Å². The minimum absolute atomic E-state index is 0.0767. The molecule has 1 aliphatic rings. The zero-order chi connectivity index (χ0) is 22.4. The molecule has 2 aromatic carbocycles. The largest absolute Gasteiger partial charge is 0.455 e. The molecule has 0 radical (unpaired) electrons. The predicted molar refractivity (Wildman–Crippen MR) is 119 cm³/mol. The maximum Gasteiger partial charge on any atom is 0.311 e. The second-order valence-electron chi connectivity index (χ2n) is 7.85.